The molecule has 2 aromatic carbocycles. The van der Waals surface area contributed by atoms with Gasteiger partial charge in [0.1, 0.15) is 23.1 Å². The summed E-state index contributed by atoms with van der Waals surface area (Å²) in [6, 6.07) is 15.7. The third kappa shape index (κ3) is 3.39. The van der Waals surface area contributed by atoms with E-state index in [-0.39, 0.29) is 5.60 Å². The lowest BCUT2D eigenvalue weighted by Gasteiger charge is -2.28. The molecule has 1 aliphatic rings. The van der Waals surface area contributed by atoms with E-state index in [2.05, 4.69) is 10.3 Å². The summed E-state index contributed by atoms with van der Waals surface area (Å²) < 4.78 is 7.66. The van der Waals surface area contributed by atoms with Crippen LogP contribution < -0.4 is 4.74 Å². The maximum atomic E-state index is 10.7. The number of ether oxygens (including phenoxy) is 1. The van der Waals surface area contributed by atoms with Crippen LogP contribution in [0.5, 0.6) is 5.75 Å². The molecular weight excluding hydrogens is 326 g/mol. The number of aromatic nitrogens is 3. The van der Waals surface area contributed by atoms with Crippen molar-refractivity contribution < 1.29 is 9.84 Å². The van der Waals surface area contributed by atoms with Gasteiger partial charge < -0.3 is 9.84 Å². The van der Waals surface area contributed by atoms with Gasteiger partial charge in [-0.25, -0.2) is 4.68 Å². The molecule has 132 valence electrons. The molecule has 5 heteroatoms. The number of benzene rings is 2. The fourth-order valence-corrected chi connectivity index (χ4v) is 3.03. The molecule has 0 fully saturated rings. The summed E-state index contributed by atoms with van der Waals surface area (Å²) in [5.41, 5.74) is 3.08. The average molecular weight is 347 g/mol. The van der Waals surface area contributed by atoms with Crippen LogP contribution in [0.25, 0.3) is 6.08 Å². The Morgan fingerprint density at radius 1 is 1.15 bits per heavy atom. The minimum Gasteiger partial charge on any atom is -0.483 e. The molecule has 1 aliphatic heterocycles. The number of aliphatic hydroxyl groups is 1. The zero-order chi connectivity index (χ0) is 18.1. The van der Waals surface area contributed by atoms with Gasteiger partial charge in [-0.3, -0.25) is 0 Å². The molecule has 2 heterocycles. The highest BCUT2D eigenvalue weighted by molar-refractivity contribution is 5.62. The van der Waals surface area contributed by atoms with Gasteiger partial charge in [-0.05, 0) is 43.2 Å². The molecule has 1 atom stereocenters. The van der Waals surface area contributed by atoms with Crippen LogP contribution in [0.15, 0.2) is 60.8 Å². The Morgan fingerprint density at radius 2 is 1.96 bits per heavy atom. The minimum absolute atomic E-state index is 0.312. The largest absolute Gasteiger partial charge is 0.483 e. The smallest absolute Gasteiger partial charge is 0.127 e. The molecule has 1 aromatic heterocycles. The van der Waals surface area contributed by atoms with Gasteiger partial charge in [0.05, 0.1) is 12.7 Å². The normalized spacial score (nSPS) is 16.0. The van der Waals surface area contributed by atoms with E-state index in [9.17, 15) is 5.11 Å². The number of hydrogen-bond acceptors (Lipinski definition) is 4. The van der Waals surface area contributed by atoms with E-state index in [0.717, 1.165) is 22.4 Å². The molecule has 1 N–H and O–H groups in total. The molecule has 4 rings (SSSR count). The summed E-state index contributed by atoms with van der Waals surface area (Å²) >= 11 is 0. The van der Waals surface area contributed by atoms with Gasteiger partial charge in [0, 0.05) is 5.56 Å². The Hall–Kier alpha value is -2.92. The second kappa shape index (κ2) is 6.42. The first-order chi connectivity index (χ1) is 12.5. The van der Waals surface area contributed by atoms with Crippen LogP contribution in [0.3, 0.4) is 0 Å². The molecule has 0 radical (unpaired) electrons. The summed E-state index contributed by atoms with van der Waals surface area (Å²) in [5, 5.41) is 19.0. The standard InChI is InChI=1S/C21H21N3O2/c1-21(2)11-10-16-12-17(8-9-19(16)26-21)20(25)18-14-24(23-22-18)13-15-6-4-3-5-7-15/h3-12,14,20,25H,13H2,1-2H3. The summed E-state index contributed by atoms with van der Waals surface area (Å²) in [6.07, 6.45) is 5.00. The molecule has 0 saturated carbocycles. The first-order valence-corrected chi connectivity index (χ1v) is 8.64. The van der Waals surface area contributed by atoms with Crippen LogP contribution >= 0.6 is 0 Å². The van der Waals surface area contributed by atoms with Crippen LogP contribution in [0, 0.1) is 0 Å². The monoisotopic (exact) mass is 347 g/mol. The highest BCUT2D eigenvalue weighted by Crippen LogP contribution is 2.33. The number of fused-ring (bicyclic) bond motifs is 1. The van der Waals surface area contributed by atoms with Crippen molar-refractivity contribution in [2.45, 2.75) is 32.1 Å². The van der Waals surface area contributed by atoms with Crippen molar-refractivity contribution in [2.75, 3.05) is 0 Å². The molecular formula is C21H21N3O2. The predicted molar refractivity (Wildman–Crippen MR) is 99.8 cm³/mol. The average Bonchev–Trinajstić information content (AvgIpc) is 3.09. The molecule has 5 nitrogen and oxygen atoms in total. The van der Waals surface area contributed by atoms with E-state index < -0.39 is 6.10 Å². The van der Waals surface area contributed by atoms with E-state index in [1.807, 2.05) is 74.5 Å². The first kappa shape index (κ1) is 16.5. The summed E-state index contributed by atoms with van der Waals surface area (Å²) in [5.74, 6) is 0.821. The van der Waals surface area contributed by atoms with Gasteiger partial charge >= 0.3 is 0 Å². The number of aliphatic hydroxyl groups excluding tert-OH is 1. The van der Waals surface area contributed by atoms with Gasteiger partial charge in [-0.1, -0.05) is 47.7 Å². The number of hydrogen-bond donors (Lipinski definition) is 1. The molecule has 0 bridgehead atoms. The van der Waals surface area contributed by atoms with E-state index in [0.29, 0.717) is 12.2 Å². The fraction of sp³-hybridized carbons (Fsp3) is 0.238. The maximum Gasteiger partial charge on any atom is 0.127 e. The molecule has 0 spiro atoms. The van der Waals surface area contributed by atoms with E-state index in [1.165, 1.54) is 0 Å². The lowest BCUT2D eigenvalue weighted by molar-refractivity contribution is 0.158. The number of rotatable bonds is 4. The van der Waals surface area contributed by atoms with Crippen molar-refractivity contribution in [2.24, 2.45) is 0 Å². The fourth-order valence-electron chi connectivity index (χ4n) is 3.03. The van der Waals surface area contributed by atoms with Crippen molar-refractivity contribution >= 4 is 6.08 Å². The second-order valence-electron chi connectivity index (χ2n) is 7.07. The van der Waals surface area contributed by atoms with Crippen molar-refractivity contribution in [1.29, 1.82) is 0 Å². The Kier molecular flexibility index (Phi) is 4.09. The van der Waals surface area contributed by atoms with E-state index in [4.69, 9.17) is 4.74 Å². The van der Waals surface area contributed by atoms with Crippen LogP contribution in [-0.2, 0) is 6.54 Å². The third-order valence-electron chi connectivity index (χ3n) is 4.41. The van der Waals surface area contributed by atoms with Crippen LogP contribution in [0.1, 0.15) is 42.3 Å². The third-order valence-corrected chi connectivity index (χ3v) is 4.41. The molecule has 0 amide bonds. The van der Waals surface area contributed by atoms with E-state index in [1.54, 1.807) is 10.9 Å². The van der Waals surface area contributed by atoms with Gasteiger partial charge in [-0.2, -0.15) is 0 Å². The number of nitrogens with zero attached hydrogens (tertiary/aromatic N) is 3. The van der Waals surface area contributed by atoms with Crippen LogP contribution in [-0.4, -0.2) is 25.7 Å². The Labute approximate surface area is 152 Å². The van der Waals surface area contributed by atoms with Crippen molar-refractivity contribution in [3.05, 3.63) is 83.2 Å². The van der Waals surface area contributed by atoms with Gasteiger partial charge in [0.25, 0.3) is 0 Å². The zero-order valence-corrected chi connectivity index (χ0v) is 14.8. The lowest BCUT2D eigenvalue weighted by atomic mass is 9.98. The summed E-state index contributed by atoms with van der Waals surface area (Å²) in [6.45, 7) is 4.65. The van der Waals surface area contributed by atoms with Crippen LogP contribution in [0.2, 0.25) is 0 Å². The van der Waals surface area contributed by atoms with Gasteiger partial charge in [0.2, 0.25) is 0 Å². The minimum atomic E-state index is -0.826. The van der Waals surface area contributed by atoms with Crippen LogP contribution in [0.4, 0.5) is 0 Å². The Balaban J connectivity index is 1.54. The predicted octanol–water partition coefficient (Wildman–Crippen LogP) is 3.59. The Bertz CT molecular complexity index is 945. The second-order valence-corrected chi connectivity index (χ2v) is 7.07. The molecule has 0 aliphatic carbocycles. The first-order valence-electron chi connectivity index (χ1n) is 8.64. The molecule has 26 heavy (non-hydrogen) atoms. The molecule has 3 aromatic rings. The SMILES string of the molecule is CC1(C)C=Cc2cc(C(O)c3cn(Cc4ccccc4)nn3)ccc2O1. The van der Waals surface area contributed by atoms with Crippen molar-refractivity contribution in [3.8, 4) is 5.75 Å². The molecule has 0 saturated heterocycles. The van der Waals surface area contributed by atoms with Crippen molar-refractivity contribution in [1.82, 2.24) is 15.0 Å². The highest BCUT2D eigenvalue weighted by atomic mass is 16.5. The zero-order valence-electron chi connectivity index (χ0n) is 14.8. The van der Waals surface area contributed by atoms with Gasteiger partial charge in [-0.15, -0.1) is 5.10 Å². The van der Waals surface area contributed by atoms with Crippen molar-refractivity contribution in [3.63, 3.8) is 0 Å². The summed E-state index contributed by atoms with van der Waals surface area (Å²) in [7, 11) is 0. The quantitative estimate of drug-likeness (QED) is 0.783. The summed E-state index contributed by atoms with van der Waals surface area (Å²) in [4.78, 5) is 0. The highest BCUT2D eigenvalue weighted by Gasteiger charge is 2.23. The lowest BCUT2D eigenvalue weighted by Crippen LogP contribution is -2.27. The van der Waals surface area contributed by atoms with Gasteiger partial charge in [0.15, 0.2) is 0 Å². The maximum absolute atomic E-state index is 10.7. The van der Waals surface area contributed by atoms with E-state index >= 15 is 0 Å². The Morgan fingerprint density at radius 3 is 2.77 bits per heavy atom. The topological polar surface area (TPSA) is 60.2 Å². The molecule has 1 unspecified atom stereocenters.